The fraction of sp³-hybridized carbons (Fsp3) is 0.304. The first kappa shape index (κ1) is 19.5. The molecule has 0 spiro atoms. The van der Waals surface area contributed by atoms with Gasteiger partial charge in [0.05, 0.1) is 16.8 Å². The van der Waals surface area contributed by atoms with E-state index in [1.54, 1.807) is 11.3 Å². The van der Waals surface area contributed by atoms with Crippen LogP contribution >= 0.6 is 22.9 Å². The average molecular weight is 439 g/mol. The molecular weight excluding hydrogens is 416 g/mol. The molecule has 0 radical (unpaired) electrons. The van der Waals surface area contributed by atoms with E-state index in [9.17, 15) is 4.79 Å². The molecule has 0 saturated carbocycles. The van der Waals surface area contributed by atoms with Gasteiger partial charge in [0.15, 0.2) is 0 Å². The van der Waals surface area contributed by atoms with Gasteiger partial charge >= 0.3 is 0 Å². The number of likely N-dealkylation sites (N-methyl/N-ethyl adjacent to an activating group) is 1. The molecule has 0 aliphatic carbocycles. The predicted molar refractivity (Wildman–Crippen MR) is 124 cm³/mol. The van der Waals surface area contributed by atoms with Crippen molar-refractivity contribution in [3.05, 3.63) is 64.1 Å². The van der Waals surface area contributed by atoms with Gasteiger partial charge in [-0.1, -0.05) is 23.7 Å². The van der Waals surface area contributed by atoms with Gasteiger partial charge in [0, 0.05) is 35.6 Å². The summed E-state index contributed by atoms with van der Waals surface area (Å²) in [5, 5.41) is 4.05. The average Bonchev–Trinajstić information content (AvgIpc) is 3.42. The summed E-state index contributed by atoms with van der Waals surface area (Å²) in [6, 6.07) is 14.5. The number of nitrogens with one attached hydrogen (secondary N) is 1. The van der Waals surface area contributed by atoms with Crippen molar-refractivity contribution in [2.24, 2.45) is 0 Å². The minimum absolute atomic E-state index is 0.0624. The van der Waals surface area contributed by atoms with Gasteiger partial charge in [-0.05, 0) is 61.3 Å². The second-order valence-corrected chi connectivity index (χ2v) is 9.26. The van der Waals surface area contributed by atoms with Crippen LogP contribution in [0.3, 0.4) is 0 Å². The summed E-state index contributed by atoms with van der Waals surface area (Å²) in [6.07, 6.45) is 3.81. The molecule has 1 fully saturated rings. The lowest BCUT2D eigenvalue weighted by Crippen LogP contribution is -2.36. The fourth-order valence-electron chi connectivity index (χ4n) is 4.18. The third-order valence-corrected chi connectivity index (χ3v) is 7.41. The van der Waals surface area contributed by atoms with Crippen LogP contribution in [0.25, 0.3) is 10.4 Å². The van der Waals surface area contributed by atoms with E-state index >= 15 is 0 Å². The zero-order valence-corrected chi connectivity index (χ0v) is 18.3. The normalized spacial score (nSPS) is 18.7. The first-order chi connectivity index (χ1) is 14.6. The van der Waals surface area contributed by atoms with Crippen LogP contribution in [0.1, 0.15) is 21.7 Å². The maximum atomic E-state index is 13.2. The first-order valence-electron chi connectivity index (χ1n) is 10.2. The number of amides is 1. The van der Waals surface area contributed by atoms with E-state index in [0.717, 1.165) is 58.3 Å². The van der Waals surface area contributed by atoms with Gasteiger partial charge in [-0.2, -0.15) is 0 Å². The zero-order valence-electron chi connectivity index (χ0n) is 16.8. The van der Waals surface area contributed by atoms with E-state index < -0.39 is 0 Å². The standard InChI is InChI=1S/C23H23ClN4OS/c1-25-18-9-10-27(14-18)21-7-6-19(13-26-21)28-11-8-16-12-20(30-22(16)23(28)29)15-2-4-17(24)5-3-15/h2-7,12-13,18,25H,8-11,14H2,1H3/t18-/m1/s1. The van der Waals surface area contributed by atoms with E-state index in [0.29, 0.717) is 17.6 Å². The Morgan fingerprint density at radius 3 is 2.70 bits per heavy atom. The SMILES string of the molecule is CN[C@@H]1CCN(c2ccc(N3CCc4cc(-c5ccc(Cl)cc5)sc4C3=O)cn2)C1. The lowest BCUT2D eigenvalue weighted by Gasteiger charge is -2.27. The van der Waals surface area contributed by atoms with Crippen LogP contribution in [0.4, 0.5) is 11.5 Å². The maximum Gasteiger partial charge on any atom is 0.268 e. The second kappa shape index (κ2) is 8.02. The van der Waals surface area contributed by atoms with Crippen LogP contribution in [0.15, 0.2) is 48.7 Å². The molecule has 0 unspecified atom stereocenters. The smallest absolute Gasteiger partial charge is 0.268 e. The summed E-state index contributed by atoms with van der Waals surface area (Å²) in [7, 11) is 2.00. The number of benzene rings is 1. The minimum atomic E-state index is 0.0624. The molecule has 30 heavy (non-hydrogen) atoms. The van der Waals surface area contributed by atoms with Crippen LogP contribution in [0, 0.1) is 0 Å². The molecule has 2 aliphatic rings. The Morgan fingerprint density at radius 1 is 1.17 bits per heavy atom. The largest absolute Gasteiger partial charge is 0.355 e. The van der Waals surface area contributed by atoms with E-state index in [-0.39, 0.29) is 5.91 Å². The number of halogens is 1. The molecule has 0 bridgehead atoms. The predicted octanol–water partition coefficient (Wildman–Crippen LogP) is 4.46. The van der Waals surface area contributed by atoms with Crippen molar-refractivity contribution in [3.63, 3.8) is 0 Å². The van der Waals surface area contributed by atoms with Crippen LogP contribution in [0.5, 0.6) is 0 Å². The highest BCUT2D eigenvalue weighted by Crippen LogP contribution is 2.36. The lowest BCUT2D eigenvalue weighted by molar-refractivity contribution is 0.0985. The summed E-state index contributed by atoms with van der Waals surface area (Å²) in [5.41, 5.74) is 3.08. The van der Waals surface area contributed by atoms with E-state index in [1.165, 1.54) is 0 Å². The molecule has 1 N–H and O–H groups in total. The Bertz CT molecular complexity index is 1060. The monoisotopic (exact) mass is 438 g/mol. The molecular formula is C23H23ClN4OS. The fourth-order valence-corrected chi connectivity index (χ4v) is 5.47. The summed E-state index contributed by atoms with van der Waals surface area (Å²) in [4.78, 5) is 23.9. The molecule has 5 nitrogen and oxygen atoms in total. The summed E-state index contributed by atoms with van der Waals surface area (Å²) < 4.78 is 0. The number of rotatable bonds is 4. The van der Waals surface area contributed by atoms with Gasteiger partial charge in [-0.25, -0.2) is 4.98 Å². The molecule has 154 valence electrons. The quantitative estimate of drug-likeness (QED) is 0.653. The Morgan fingerprint density at radius 2 is 2.00 bits per heavy atom. The Labute approximate surface area is 185 Å². The van der Waals surface area contributed by atoms with Gasteiger partial charge in [0.2, 0.25) is 0 Å². The third-order valence-electron chi connectivity index (χ3n) is 5.95. The number of aromatic nitrogens is 1. The molecule has 1 saturated heterocycles. The van der Waals surface area contributed by atoms with E-state index in [2.05, 4.69) is 21.3 Å². The number of carbonyl (C=O) groups is 1. The maximum absolute atomic E-state index is 13.2. The van der Waals surface area contributed by atoms with Gasteiger partial charge in [0.1, 0.15) is 5.82 Å². The van der Waals surface area contributed by atoms with Gasteiger partial charge in [-0.3, -0.25) is 4.79 Å². The number of anilines is 2. The van der Waals surface area contributed by atoms with Gasteiger partial charge in [-0.15, -0.1) is 11.3 Å². The second-order valence-electron chi connectivity index (χ2n) is 7.77. The number of hydrogen-bond donors (Lipinski definition) is 1. The van der Waals surface area contributed by atoms with E-state index in [1.807, 2.05) is 54.5 Å². The number of pyridine rings is 1. The van der Waals surface area contributed by atoms with E-state index in [4.69, 9.17) is 11.6 Å². The van der Waals surface area contributed by atoms with Crippen LogP contribution in [-0.2, 0) is 6.42 Å². The Balaban J connectivity index is 1.35. The van der Waals surface area contributed by atoms with Crippen molar-refractivity contribution in [1.82, 2.24) is 10.3 Å². The topological polar surface area (TPSA) is 48.5 Å². The van der Waals surface area contributed by atoms with Crippen LogP contribution in [0.2, 0.25) is 5.02 Å². The van der Waals surface area contributed by atoms with Crippen LogP contribution < -0.4 is 15.1 Å². The number of hydrogen-bond acceptors (Lipinski definition) is 5. The highest BCUT2D eigenvalue weighted by atomic mass is 35.5. The van der Waals surface area contributed by atoms with Crippen molar-refractivity contribution in [3.8, 4) is 10.4 Å². The minimum Gasteiger partial charge on any atom is -0.355 e. The molecule has 7 heteroatoms. The highest BCUT2D eigenvalue weighted by Gasteiger charge is 2.29. The van der Waals surface area contributed by atoms with Crippen molar-refractivity contribution in [2.45, 2.75) is 18.9 Å². The number of nitrogens with zero attached hydrogens (tertiary/aromatic N) is 3. The Kier molecular flexibility index (Phi) is 5.23. The molecule has 2 aliphatic heterocycles. The summed E-state index contributed by atoms with van der Waals surface area (Å²) in [6.45, 7) is 2.65. The molecule has 1 amide bonds. The lowest BCUT2D eigenvalue weighted by atomic mass is 10.1. The highest BCUT2D eigenvalue weighted by molar-refractivity contribution is 7.17. The van der Waals surface area contributed by atoms with Crippen molar-refractivity contribution in [2.75, 3.05) is 36.5 Å². The first-order valence-corrected chi connectivity index (χ1v) is 11.4. The third kappa shape index (κ3) is 3.60. The van der Waals surface area contributed by atoms with Gasteiger partial charge < -0.3 is 15.1 Å². The number of carbonyl (C=O) groups excluding carboxylic acids is 1. The van der Waals surface area contributed by atoms with Crippen molar-refractivity contribution >= 4 is 40.4 Å². The zero-order chi connectivity index (χ0) is 20.7. The molecule has 3 aromatic rings. The molecule has 5 rings (SSSR count). The summed E-state index contributed by atoms with van der Waals surface area (Å²) in [5.74, 6) is 1.04. The number of fused-ring (bicyclic) bond motifs is 1. The van der Waals surface area contributed by atoms with Gasteiger partial charge in [0.25, 0.3) is 5.91 Å². The van der Waals surface area contributed by atoms with Crippen molar-refractivity contribution in [1.29, 1.82) is 0 Å². The molecule has 1 aromatic carbocycles. The number of thiophene rings is 1. The molecule has 2 aromatic heterocycles. The Hall–Kier alpha value is -2.41. The summed E-state index contributed by atoms with van der Waals surface area (Å²) >= 11 is 7.57. The molecule has 1 atom stereocenters. The van der Waals surface area contributed by atoms with Crippen LogP contribution in [-0.4, -0.2) is 43.6 Å². The molecule has 4 heterocycles. The van der Waals surface area contributed by atoms with Crippen molar-refractivity contribution < 1.29 is 4.79 Å².